The van der Waals surface area contributed by atoms with Crippen molar-refractivity contribution in [3.63, 3.8) is 0 Å². The molecule has 144 valence electrons. The normalized spacial score (nSPS) is 18.4. The van der Waals surface area contributed by atoms with Crippen LogP contribution in [-0.4, -0.2) is 56.9 Å². The molecule has 2 aromatic heterocycles. The lowest BCUT2D eigenvalue weighted by molar-refractivity contribution is 0.197. The molecule has 1 aliphatic heterocycles. The molecular formula is C19H26N6O2. The van der Waals surface area contributed by atoms with Crippen molar-refractivity contribution in [2.24, 2.45) is 7.05 Å². The summed E-state index contributed by atoms with van der Waals surface area (Å²) in [6.07, 6.45) is 6.23. The summed E-state index contributed by atoms with van der Waals surface area (Å²) >= 11 is 0. The van der Waals surface area contributed by atoms with Crippen molar-refractivity contribution in [2.45, 2.75) is 44.3 Å². The largest absolute Gasteiger partial charge is 0.481 e. The number of methoxy groups -OCH3 is 1. The fourth-order valence-electron chi connectivity index (χ4n) is 3.83. The molecule has 0 atom stereocenters. The molecule has 2 aromatic rings. The molecule has 2 aliphatic rings. The maximum absolute atomic E-state index is 11.5. The average Bonchev–Trinajstić information content (AvgIpc) is 3.51. The Bertz CT molecular complexity index is 842. The van der Waals surface area contributed by atoms with Gasteiger partial charge in [0.25, 0.3) is 5.56 Å². The molecule has 0 spiro atoms. The lowest BCUT2D eigenvalue weighted by Gasteiger charge is -2.39. The molecule has 0 radical (unpaired) electrons. The summed E-state index contributed by atoms with van der Waals surface area (Å²) in [6.45, 7) is 2.81. The van der Waals surface area contributed by atoms with E-state index in [1.54, 1.807) is 26.6 Å². The van der Waals surface area contributed by atoms with Gasteiger partial charge >= 0.3 is 0 Å². The first-order valence-corrected chi connectivity index (χ1v) is 9.54. The van der Waals surface area contributed by atoms with Gasteiger partial charge in [-0.25, -0.2) is 14.6 Å². The van der Waals surface area contributed by atoms with Gasteiger partial charge in [-0.15, -0.1) is 0 Å². The third kappa shape index (κ3) is 4.10. The van der Waals surface area contributed by atoms with E-state index >= 15 is 0 Å². The molecule has 8 heteroatoms. The van der Waals surface area contributed by atoms with Crippen molar-refractivity contribution in [1.82, 2.24) is 24.6 Å². The minimum Gasteiger partial charge on any atom is -0.481 e. The Balaban J connectivity index is 1.41. The van der Waals surface area contributed by atoms with Crippen LogP contribution in [0.25, 0.3) is 0 Å². The van der Waals surface area contributed by atoms with Crippen LogP contribution in [0.5, 0.6) is 5.88 Å². The summed E-state index contributed by atoms with van der Waals surface area (Å²) < 4.78 is 6.68. The molecule has 27 heavy (non-hydrogen) atoms. The Morgan fingerprint density at radius 1 is 1.15 bits per heavy atom. The number of anilines is 1. The van der Waals surface area contributed by atoms with Gasteiger partial charge in [0.2, 0.25) is 5.88 Å². The number of hydrogen-bond donors (Lipinski definition) is 0. The van der Waals surface area contributed by atoms with E-state index in [2.05, 4.69) is 24.9 Å². The van der Waals surface area contributed by atoms with Crippen LogP contribution in [0.3, 0.4) is 0 Å². The van der Waals surface area contributed by atoms with E-state index in [0.717, 1.165) is 44.0 Å². The minimum absolute atomic E-state index is 0.0715. The van der Waals surface area contributed by atoms with Crippen LogP contribution in [0.15, 0.2) is 29.3 Å². The summed E-state index contributed by atoms with van der Waals surface area (Å²) in [4.78, 5) is 25.0. The molecule has 0 unspecified atom stereocenters. The number of aryl methyl sites for hydroxylation is 1. The van der Waals surface area contributed by atoms with Crippen LogP contribution in [0, 0.1) is 0 Å². The summed E-state index contributed by atoms with van der Waals surface area (Å²) in [6, 6.07) is 6.44. The van der Waals surface area contributed by atoms with E-state index in [0.29, 0.717) is 18.0 Å². The molecule has 0 N–H and O–H groups in total. The molecule has 1 aliphatic carbocycles. The second-order valence-electron chi connectivity index (χ2n) is 7.35. The lowest BCUT2D eigenvalue weighted by atomic mass is 10.0. The monoisotopic (exact) mass is 370 g/mol. The number of nitrogens with zero attached hydrogens (tertiary/aromatic N) is 6. The summed E-state index contributed by atoms with van der Waals surface area (Å²) in [7, 11) is 3.33. The molecule has 1 saturated heterocycles. The van der Waals surface area contributed by atoms with Gasteiger partial charge in [0.1, 0.15) is 12.1 Å². The highest BCUT2D eigenvalue weighted by atomic mass is 16.5. The molecule has 1 saturated carbocycles. The smallest absolute Gasteiger partial charge is 0.266 e. The number of ether oxygens (including phenoxy) is 1. The number of likely N-dealkylation sites (tertiary alicyclic amines) is 1. The van der Waals surface area contributed by atoms with Crippen molar-refractivity contribution in [1.29, 1.82) is 0 Å². The zero-order chi connectivity index (χ0) is 18.8. The van der Waals surface area contributed by atoms with Crippen LogP contribution in [0.1, 0.15) is 31.4 Å². The number of hydrogen-bond acceptors (Lipinski definition) is 7. The van der Waals surface area contributed by atoms with Crippen LogP contribution in [0.4, 0.5) is 5.82 Å². The van der Waals surface area contributed by atoms with E-state index in [9.17, 15) is 4.79 Å². The first-order chi connectivity index (χ1) is 13.1. The second-order valence-corrected chi connectivity index (χ2v) is 7.35. The third-order valence-corrected chi connectivity index (χ3v) is 5.39. The van der Waals surface area contributed by atoms with Gasteiger partial charge in [0.15, 0.2) is 0 Å². The molecule has 8 nitrogen and oxygen atoms in total. The maximum Gasteiger partial charge on any atom is 0.266 e. The van der Waals surface area contributed by atoms with Gasteiger partial charge < -0.3 is 9.64 Å². The van der Waals surface area contributed by atoms with Crippen LogP contribution in [0.2, 0.25) is 0 Å². The first-order valence-electron chi connectivity index (χ1n) is 9.54. The molecule has 2 fully saturated rings. The van der Waals surface area contributed by atoms with Gasteiger partial charge in [-0.3, -0.25) is 9.69 Å². The fraction of sp³-hybridized carbons (Fsp3) is 0.579. The maximum atomic E-state index is 11.5. The highest BCUT2D eigenvalue weighted by molar-refractivity contribution is 5.45. The Kier molecular flexibility index (Phi) is 5.07. The molecular weight excluding hydrogens is 344 g/mol. The zero-order valence-electron chi connectivity index (χ0n) is 15.9. The van der Waals surface area contributed by atoms with Gasteiger partial charge in [0, 0.05) is 50.9 Å². The van der Waals surface area contributed by atoms with Crippen molar-refractivity contribution < 1.29 is 4.74 Å². The van der Waals surface area contributed by atoms with E-state index in [-0.39, 0.29) is 5.56 Å². The summed E-state index contributed by atoms with van der Waals surface area (Å²) in [5.74, 6) is 1.59. The Labute approximate surface area is 158 Å². The number of aromatic nitrogens is 4. The third-order valence-electron chi connectivity index (χ3n) is 5.39. The first kappa shape index (κ1) is 17.9. The highest BCUT2D eigenvalue weighted by Crippen LogP contribution is 2.36. The van der Waals surface area contributed by atoms with Gasteiger partial charge in [-0.05, 0) is 31.7 Å². The topological polar surface area (TPSA) is 76.4 Å². The standard InChI is InChI=1S/C19H26N6O2/c1-23-19(26)6-3-14(22-23)12-24-9-7-16(8-10-24)25(15-4-5-15)17-11-18(27-2)21-13-20-17/h3,6,11,13,15-16H,4-5,7-10,12H2,1-2H3. The molecule has 0 bridgehead atoms. The lowest BCUT2D eigenvalue weighted by Crippen LogP contribution is -2.46. The average molecular weight is 370 g/mol. The quantitative estimate of drug-likeness (QED) is 0.756. The molecule has 3 heterocycles. The van der Waals surface area contributed by atoms with Crippen molar-refractivity contribution in [3.05, 3.63) is 40.6 Å². The van der Waals surface area contributed by atoms with E-state index < -0.39 is 0 Å². The SMILES string of the molecule is COc1cc(N(C2CC2)C2CCN(Cc3ccc(=O)n(C)n3)CC2)ncn1. The predicted octanol–water partition coefficient (Wildman–Crippen LogP) is 1.21. The van der Waals surface area contributed by atoms with Crippen LogP contribution in [-0.2, 0) is 13.6 Å². The van der Waals surface area contributed by atoms with Gasteiger partial charge in [-0.2, -0.15) is 5.10 Å². The summed E-state index contributed by atoms with van der Waals surface area (Å²) in [5, 5.41) is 4.35. The number of piperidine rings is 1. The molecule has 0 amide bonds. The van der Waals surface area contributed by atoms with E-state index in [4.69, 9.17) is 4.74 Å². The highest BCUT2D eigenvalue weighted by Gasteiger charge is 2.36. The molecule has 4 rings (SSSR count). The second kappa shape index (κ2) is 7.64. The van der Waals surface area contributed by atoms with Gasteiger partial charge in [0.05, 0.1) is 12.8 Å². The van der Waals surface area contributed by atoms with Gasteiger partial charge in [-0.1, -0.05) is 0 Å². The Hall–Kier alpha value is -2.48. The predicted molar refractivity (Wildman–Crippen MR) is 102 cm³/mol. The minimum atomic E-state index is -0.0715. The number of rotatable bonds is 6. The Morgan fingerprint density at radius 3 is 2.56 bits per heavy atom. The van der Waals surface area contributed by atoms with Crippen LogP contribution >= 0.6 is 0 Å². The van der Waals surface area contributed by atoms with Crippen molar-refractivity contribution in [2.75, 3.05) is 25.1 Å². The van der Waals surface area contributed by atoms with Crippen molar-refractivity contribution >= 4 is 5.82 Å². The Morgan fingerprint density at radius 2 is 1.89 bits per heavy atom. The summed E-state index contributed by atoms with van der Waals surface area (Å²) in [5.41, 5.74) is 0.868. The van der Waals surface area contributed by atoms with Crippen LogP contribution < -0.4 is 15.2 Å². The van der Waals surface area contributed by atoms with Crippen molar-refractivity contribution in [3.8, 4) is 5.88 Å². The molecule has 0 aromatic carbocycles. The zero-order valence-corrected chi connectivity index (χ0v) is 15.9. The van der Waals surface area contributed by atoms with E-state index in [1.165, 1.54) is 17.5 Å². The fourth-order valence-corrected chi connectivity index (χ4v) is 3.83. The van der Waals surface area contributed by atoms with E-state index in [1.807, 2.05) is 12.1 Å².